The van der Waals surface area contributed by atoms with E-state index in [0.29, 0.717) is 42.5 Å². The Bertz CT molecular complexity index is 1190. The Morgan fingerprint density at radius 2 is 1.57 bits per heavy atom. The fraction of sp³-hybridized carbons (Fsp3) is 0.379. The molecule has 6 heteroatoms. The Kier molecular flexibility index (Phi) is 6.70. The molecule has 0 N–H and O–H groups in total. The molecule has 1 aliphatic heterocycles. The molecule has 182 valence electrons. The number of methoxy groups -OCH3 is 1. The van der Waals surface area contributed by atoms with Crippen LogP contribution in [-0.2, 0) is 16.1 Å². The van der Waals surface area contributed by atoms with Crippen molar-refractivity contribution in [2.75, 3.05) is 13.7 Å². The maximum Gasteiger partial charge on any atom is 0.179 e. The molecule has 0 amide bonds. The fourth-order valence-electron chi connectivity index (χ4n) is 5.72. The second kappa shape index (κ2) is 9.90. The first-order chi connectivity index (χ1) is 17.0. The number of hydrogen-bond donors (Lipinski definition) is 0. The van der Waals surface area contributed by atoms with E-state index in [1.807, 2.05) is 37.3 Å². The average molecular weight is 492 g/mol. The third-order valence-corrected chi connectivity index (χ3v) is 7.42. The maximum atomic E-state index is 13.5. The lowest BCUT2D eigenvalue weighted by Gasteiger charge is -2.44. The topological polar surface area (TPSA) is 55.8 Å². The smallest absolute Gasteiger partial charge is 0.179 e. The lowest BCUT2D eigenvalue weighted by molar-refractivity contribution is -0.117. The third-order valence-electron chi connectivity index (χ3n) is 7.14. The van der Waals surface area contributed by atoms with E-state index in [0.717, 1.165) is 59.4 Å². The van der Waals surface area contributed by atoms with E-state index in [1.54, 1.807) is 7.11 Å². The molecule has 5 rings (SSSR count). The normalized spacial score (nSPS) is 18.5. The number of rotatable bonds is 6. The van der Waals surface area contributed by atoms with Crippen LogP contribution in [0.25, 0.3) is 0 Å². The zero-order chi connectivity index (χ0) is 24.5. The van der Waals surface area contributed by atoms with Crippen molar-refractivity contribution in [3.05, 3.63) is 81.2 Å². The Morgan fingerprint density at radius 1 is 0.943 bits per heavy atom. The highest BCUT2D eigenvalue weighted by atomic mass is 35.5. The second-order valence-corrected chi connectivity index (χ2v) is 9.65. The summed E-state index contributed by atoms with van der Waals surface area (Å²) >= 11 is 6.63. The number of ether oxygens (including phenoxy) is 2. The molecule has 0 saturated carbocycles. The van der Waals surface area contributed by atoms with E-state index >= 15 is 0 Å². The van der Waals surface area contributed by atoms with Crippen molar-refractivity contribution in [3.8, 4) is 11.5 Å². The van der Waals surface area contributed by atoms with Gasteiger partial charge >= 0.3 is 0 Å². The molecule has 0 aromatic heterocycles. The van der Waals surface area contributed by atoms with Crippen LogP contribution in [0, 0.1) is 0 Å². The molecule has 0 saturated heterocycles. The Balaban J connectivity index is 1.72. The molecule has 2 aromatic rings. The predicted octanol–water partition coefficient (Wildman–Crippen LogP) is 6.36. The Morgan fingerprint density at radius 3 is 2.14 bits per heavy atom. The van der Waals surface area contributed by atoms with Crippen LogP contribution in [0.4, 0.5) is 0 Å². The minimum Gasteiger partial charge on any atom is -0.491 e. The van der Waals surface area contributed by atoms with Gasteiger partial charge in [0.15, 0.2) is 23.1 Å². The number of carbonyl (C=O) groups is 2. The Hall–Kier alpha value is -3.05. The van der Waals surface area contributed by atoms with Crippen molar-refractivity contribution in [2.45, 2.75) is 57.9 Å². The first-order valence-electron chi connectivity index (χ1n) is 12.4. The van der Waals surface area contributed by atoms with E-state index in [1.165, 1.54) is 0 Å². The first kappa shape index (κ1) is 23.7. The quantitative estimate of drug-likeness (QED) is 0.470. The van der Waals surface area contributed by atoms with E-state index in [2.05, 4.69) is 17.0 Å². The summed E-state index contributed by atoms with van der Waals surface area (Å²) in [4.78, 5) is 29.3. The number of allylic oxidation sites excluding steroid dienone is 4. The van der Waals surface area contributed by atoms with Crippen LogP contribution in [0.2, 0.25) is 5.02 Å². The number of hydrogen-bond acceptors (Lipinski definition) is 5. The van der Waals surface area contributed by atoms with Crippen LogP contribution in [0.3, 0.4) is 0 Å². The summed E-state index contributed by atoms with van der Waals surface area (Å²) in [6, 6.07) is 14.0. The molecular formula is C29H30ClNO4. The van der Waals surface area contributed by atoms with Crippen molar-refractivity contribution in [2.24, 2.45) is 0 Å². The number of ketones is 2. The van der Waals surface area contributed by atoms with Gasteiger partial charge in [-0.15, -0.1) is 0 Å². The zero-order valence-corrected chi connectivity index (χ0v) is 21.0. The average Bonchev–Trinajstić information content (AvgIpc) is 2.85. The van der Waals surface area contributed by atoms with Crippen molar-refractivity contribution < 1.29 is 19.1 Å². The molecule has 0 atom stereocenters. The lowest BCUT2D eigenvalue weighted by Crippen LogP contribution is -2.38. The highest BCUT2D eigenvalue weighted by molar-refractivity contribution is 6.32. The second-order valence-electron chi connectivity index (χ2n) is 9.25. The van der Waals surface area contributed by atoms with Crippen molar-refractivity contribution in [3.63, 3.8) is 0 Å². The van der Waals surface area contributed by atoms with E-state index in [-0.39, 0.29) is 11.6 Å². The molecule has 2 aliphatic carbocycles. The highest BCUT2D eigenvalue weighted by Gasteiger charge is 2.43. The highest BCUT2D eigenvalue weighted by Crippen LogP contribution is 2.51. The van der Waals surface area contributed by atoms with Crippen LogP contribution in [0.1, 0.15) is 62.5 Å². The van der Waals surface area contributed by atoms with Crippen LogP contribution < -0.4 is 9.47 Å². The van der Waals surface area contributed by atoms with Crippen LogP contribution in [0.5, 0.6) is 11.5 Å². The van der Waals surface area contributed by atoms with Gasteiger partial charge < -0.3 is 14.4 Å². The molecule has 0 unspecified atom stereocenters. The minimum absolute atomic E-state index is 0.115. The number of nitrogens with zero attached hydrogens (tertiary/aromatic N) is 1. The van der Waals surface area contributed by atoms with Gasteiger partial charge in [-0.05, 0) is 55.9 Å². The molecular weight excluding hydrogens is 462 g/mol. The molecule has 35 heavy (non-hydrogen) atoms. The molecule has 0 radical (unpaired) electrons. The van der Waals surface area contributed by atoms with Crippen molar-refractivity contribution in [1.29, 1.82) is 0 Å². The third kappa shape index (κ3) is 4.27. The summed E-state index contributed by atoms with van der Waals surface area (Å²) in [5.74, 6) is 0.788. The van der Waals surface area contributed by atoms with Crippen LogP contribution in [0.15, 0.2) is 65.0 Å². The largest absolute Gasteiger partial charge is 0.491 e. The van der Waals surface area contributed by atoms with Gasteiger partial charge in [0.25, 0.3) is 0 Å². The van der Waals surface area contributed by atoms with Gasteiger partial charge in [-0.25, -0.2) is 0 Å². The maximum absolute atomic E-state index is 13.5. The van der Waals surface area contributed by atoms with Crippen molar-refractivity contribution >= 4 is 23.2 Å². The van der Waals surface area contributed by atoms with Gasteiger partial charge in [-0.3, -0.25) is 9.59 Å². The van der Waals surface area contributed by atoms with Crippen LogP contribution >= 0.6 is 11.6 Å². The summed E-state index contributed by atoms with van der Waals surface area (Å²) in [7, 11) is 1.56. The van der Waals surface area contributed by atoms with Crippen molar-refractivity contribution in [1.82, 2.24) is 4.90 Å². The molecule has 3 aliphatic rings. The van der Waals surface area contributed by atoms with Gasteiger partial charge in [-0.2, -0.15) is 0 Å². The standard InChI is InChI=1S/C29H30ClNO4/c1-3-35-25-16-19(15-20(30)29(25)34-2)26-27-21(11-7-13-23(27)32)31(17-18-9-5-4-6-10-18)22-12-8-14-24(33)28(22)26/h4-6,9-10,15-16,26H,3,7-8,11-14,17H2,1-2H3. The van der Waals surface area contributed by atoms with Gasteiger partial charge in [-0.1, -0.05) is 41.9 Å². The number of benzene rings is 2. The lowest BCUT2D eigenvalue weighted by atomic mass is 9.71. The molecule has 2 aromatic carbocycles. The minimum atomic E-state index is -0.435. The van der Waals surface area contributed by atoms with E-state index in [4.69, 9.17) is 21.1 Å². The molecule has 0 fully saturated rings. The summed E-state index contributed by atoms with van der Waals surface area (Å²) in [5.41, 5.74) is 5.55. The summed E-state index contributed by atoms with van der Waals surface area (Å²) < 4.78 is 11.3. The number of halogens is 1. The monoisotopic (exact) mass is 491 g/mol. The van der Waals surface area contributed by atoms with Gasteiger partial charge in [0.2, 0.25) is 0 Å². The van der Waals surface area contributed by atoms with E-state index < -0.39 is 5.92 Å². The predicted molar refractivity (Wildman–Crippen MR) is 136 cm³/mol. The van der Waals surface area contributed by atoms with E-state index in [9.17, 15) is 9.59 Å². The zero-order valence-electron chi connectivity index (χ0n) is 20.2. The summed E-state index contributed by atoms with van der Waals surface area (Å²) in [5, 5.41) is 0.413. The van der Waals surface area contributed by atoms with Gasteiger partial charge in [0.1, 0.15) is 0 Å². The number of carbonyl (C=O) groups excluding carboxylic acids is 2. The molecule has 5 nitrogen and oxygen atoms in total. The molecule has 1 heterocycles. The Labute approximate surface area is 211 Å². The first-order valence-corrected chi connectivity index (χ1v) is 12.8. The molecule has 0 spiro atoms. The summed E-state index contributed by atoms with van der Waals surface area (Å²) in [6.07, 6.45) is 4.26. The fourth-order valence-corrected chi connectivity index (χ4v) is 6.02. The van der Waals surface area contributed by atoms with Crippen LogP contribution in [-0.4, -0.2) is 30.2 Å². The van der Waals surface area contributed by atoms with Gasteiger partial charge in [0, 0.05) is 47.8 Å². The SMILES string of the molecule is CCOc1cc(C2C3=C(CCCC3=O)N(Cc3ccccc3)C3=C2C(=O)CCC3)cc(Cl)c1OC. The number of Topliss-reactive ketones (excluding diaryl/α,β-unsaturated/α-hetero) is 2. The van der Waals surface area contributed by atoms with Gasteiger partial charge in [0.05, 0.1) is 18.7 Å². The summed E-state index contributed by atoms with van der Waals surface area (Å²) in [6.45, 7) is 3.00. The molecule has 0 bridgehead atoms.